The SMILES string of the molecule is COC1CCC(C2CCC(CO)C(F)C2F)C(F)C1F. The molecule has 0 aromatic rings. The Bertz CT molecular complexity index is 288. The van der Waals surface area contributed by atoms with Crippen LogP contribution in [0.4, 0.5) is 17.6 Å². The van der Waals surface area contributed by atoms with Crippen LogP contribution in [0.5, 0.6) is 0 Å². The minimum atomic E-state index is -1.82. The first kappa shape index (κ1) is 16.0. The van der Waals surface area contributed by atoms with Crippen molar-refractivity contribution in [3.05, 3.63) is 0 Å². The van der Waals surface area contributed by atoms with Gasteiger partial charge in [-0.05, 0) is 37.5 Å². The van der Waals surface area contributed by atoms with Gasteiger partial charge in [-0.1, -0.05) is 0 Å². The topological polar surface area (TPSA) is 29.5 Å². The molecule has 2 aliphatic carbocycles. The Morgan fingerprint density at radius 3 is 1.95 bits per heavy atom. The van der Waals surface area contributed by atoms with Crippen molar-refractivity contribution in [2.75, 3.05) is 13.7 Å². The lowest BCUT2D eigenvalue weighted by Crippen LogP contribution is -2.50. The fraction of sp³-hybridized carbons (Fsp3) is 1.00. The predicted molar refractivity (Wildman–Crippen MR) is 66.4 cm³/mol. The van der Waals surface area contributed by atoms with E-state index in [4.69, 9.17) is 9.84 Å². The summed E-state index contributed by atoms with van der Waals surface area (Å²) in [4.78, 5) is 0. The van der Waals surface area contributed by atoms with E-state index in [1.807, 2.05) is 0 Å². The number of halogens is 4. The minimum absolute atomic E-state index is 0.294. The molecule has 2 rings (SSSR count). The third-order valence-corrected chi connectivity index (χ3v) is 4.97. The van der Waals surface area contributed by atoms with Gasteiger partial charge in [0, 0.05) is 19.6 Å². The molecular formula is C14H22F4O2. The summed E-state index contributed by atoms with van der Waals surface area (Å²) < 4.78 is 60.9. The van der Waals surface area contributed by atoms with Crippen LogP contribution in [-0.2, 0) is 4.74 Å². The highest BCUT2D eigenvalue weighted by molar-refractivity contribution is 4.98. The van der Waals surface area contributed by atoms with Crippen LogP contribution in [0.2, 0.25) is 0 Å². The first-order chi connectivity index (χ1) is 9.51. The first-order valence-corrected chi connectivity index (χ1v) is 7.21. The molecule has 0 aliphatic heterocycles. The van der Waals surface area contributed by atoms with E-state index in [0.717, 1.165) is 0 Å². The van der Waals surface area contributed by atoms with E-state index in [2.05, 4.69) is 0 Å². The van der Waals surface area contributed by atoms with Gasteiger partial charge < -0.3 is 9.84 Å². The van der Waals surface area contributed by atoms with Gasteiger partial charge >= 0.3 is 0 Å². The van der Waals surface area contributed by atoms with Crippen LogP contribution >= 0.6 is 0 Å². The van der Waals surface area contributed by atoms with Gasteiger partial charge in [-0.25, -0.2) is 17.6 Å². The average Bonchev–Trinajstić information content (AvgIpc) is 2.45. The number of methoxy groups -OCH3 is 1. The van der Waals surface area contributed by atoms with Crippen LogP contribution in [0.3, 0.4) is 0 Å². The minimum Gasteiger partial charge on any atom is -0.396 e. The standard InChI is InChI=1S/C14H22F4O2/c1-20-10-5-4-9(13(17)14(10)18)8-3-2-7(6-19)11(15)12(8)16/h7-14,19H,2-6H2,1H3. The van der Waals surface area contributed by atoms with Crippen molar-refractivity contribution in [1.82, 2.24) is 0 Å². The summed E-state index contributed by atoms with van der Waals surface area (Å²) in [5.74, 6) is -2.33. The molecular weight excluding hydrogens is 276 g/mol. The molecule has 0 heterocycles. The van der Waals surface area contributed by atoms with Gasteiger partial charge in [0.1, 0.15) is 18.5 Å². The summed E-state index contributed by atoms with van der Waals surface area (Å²) in [5.41, 5.74) is 0. The highest BCUT2D eigenvalue weighted by atomic mass is 19.2. The van der Waals surface area contributed by atoms with Crippen molar-refractivity contribution in [3.63, 3.8) is 0 Å². The third kappa shape index (κ3) is 2.82. The van der Waals surface area contributed by atoms with E-state index in [1.54, 1.807) is 0 Å². The molecule has 2 aliphatic rings. The largest absolute Gasteiger partial charge is 0.396 e. The number of ether oxygens (including phenoxy) is 1. The van der Waals surface area contributed by atoms with Crippen LogP contribution < -0.4 is 0 Å². The van der Waals surface area contributed by atoms with Crippen LogP contribution in [0.25, 0.3) is 0 Å². The molecule has 0 radical (unpaired) electrons. The predicted octanol–water partition coefficient (Wildman–Crippen LogP) is 2.78. The Labute approximate surface area is 116 Å². The Balaban J connectivity index is 2.05. The second-order valence-electron chi connectivity index (χ2n) is 5.98. The molecule has 8 atom stereocenters. The van der Waals surface area contributed by atoms with Gasteiger partial charge in [0.2, 0.25) is 0 Å². The van der Waals surface area contributed by atoms with Crippen molar-refractivity contribution in [3.8, 4) is 0 Å². The maximum absolute atomic E-state index is 14.1. The molecule has 118 valence electrons. The molecule has 1 N–H and O–H groups in total. The maximum Gasteiger partial charge on any atom is 0.157 e. The van der Waals surface area contributed by atoms with Gasteiger partial charge in [0.05, 0.1) is 6.10 Å². The molecule has 2 saturated carbocycles. The number of aliphatic hydroxyl groups excluding tert-OH is 1. The maximum atomic E-state index is 14.1. The monoisotopic (exact) mass is 298 g/mol. The van der Waals surface area contributed by atoms with Crippen LogP contribution in [0.15, 0.2) is 0 Å². The third-order valence-electron chi connectivity index (χ3n) is 4.97. The first-order valence-electron chi connectivity index (χ1n) is 7.21. The van der Waals surface area contributed by atoms with E-state index >= 15 is 0 Å². The van der Waals surface area contributed by atoms with E-state index in [0.29, 0.717) is 25.7 Å². The van der Waals surface area contributed by atoms with Crippen molar-refractivity contribution in [2.45, 2.75) is 56.5 Å². The van der Waals surface area contributed by atoms with Crippen LogP contribution in [-0.4, -0.2) is 49.6 Å². The second kappa shape index (κ2) is 6.60. The lowest BCUT2D eigenvalue weighted by molar-refractivity contribution is -0.0961. The number of alkyl halides is 4. The fourth-order valence-electron chi connectivity index (χ4n) is 3.68. The van der Waals surface area contributed by atoms with Gasteiger partial charge in [0.15, 0.2) is 6.17 Å². The highest BCUT2D eigenvalue weighted by Gasteiger charge is 2.50. The lowest BCUT2D eigenvalue weighted by Gasteiger charge is -2.43. The average molecular weight is 298 g/mol. The van der Waals surface area contributed by atoms with Crippen molar-refractivity contribution < 1.29 is 27.4 Å². The summed E-state index contributed by atoms with van der Waals surface area (Å²) >= 11 is 0. The number of hydrogen-bond acceptors (Lipinski definition) is 2. The van der Waals surface area contributed by atoms with Crippen molar-refractivity contribution in [2.24, 2.45) is 17.8 Å². The summed E-state index contributed by atoms with van der Waals surface area (Å²) in [6.07, 6.45) is -6.75. The number of hydrogen-bond donors (Lipinski definition) is 1. The summed E-state index contributed by atoms with van der Waals surface area (Å²) in [6, 6.07) is 0. The zero-order valence-corrected chi connectivity index (χ0v) is 11.5. The molecule has 0 saturated heterocycles. The van der Waals surface area contributed by atoms with Crippen molar-refractivity contribution >= 4 is 0 Å². The van der Waals surface area contributed by atoms with E-state index in [-0.39, 0.29) is 0 Å². The fourth-order valence-corrected chi connectivity index (χ4v) is 3.68. The summed E-state index contributed by atoms with van der Waals surface area (Å²) in [5, 5.41) is 8.98. The Kier molecular flexibility index (Phi) is 5.29. The molecule has 0 spiro atoms. The van der Waals surface area contributed by atoms with Gasteiger partial charge in [-0.15, -0.1) is 0 Å². The molecule has 2 fully saturated rings. The molecule has 0 aromatic heterocycles. The van der Waals surface area contributed by atoms with E-state index in [1.165, 1.54) is 7.11 Å². The lowest BCUT2D eigenvalue weighted by atomic mass is 9.68. The Morgan fingerprint density at radius 1 is 0.850 bits per heavy atom. The molecule has 8 unspecified atom stereocenters. The molecule has 20 heavy (non-hydrogen) atoms. The zero-order valence-electron chi connectivity index (χ0n) is 11.5. The zero-order chi connectivity index (χ0) is 14.9. The Hall–Kier alpha value is -0.360. The van der Waals surface area contributed by atoms with Gasteiger partial charge in [-0.3, -0.25) is 0 Å². The summed E-state index contributed by atoms with van der Waals surface area (Å²) in [7, 11) is 1.33. The van der Waals surface area contributed by atoms with Crippen LogP contribution in [0.1, 0.15) is 25.7 Å². The quantitative estimate of drug-likeness (QED) is 0.812. The molecule has 6 heteroatoms. The second-order valence-corrected chi connectivity index (χ2v) is 5.98. The summed E-state index contributed by atoms with van der Waals surface area (Å²) in [6.45, 7) is -0.407. The molecule has 0 aromatic carbocycles. The highest BCUT2D eigenvalue weighted by Crippen LogP contribution is 2.44. The van der Waals surface area contributed by atoms with E-state index in [9.17, 15) is 17.6 Å². The van der Waals surface area contributed by atoms with E-state index < -0.39 is 55.2 Å². The number of aliphatic hydroxyl groups is 1. The Morgan fingerprint density at radius 2 is 1.40 bits per heavy atom. The van der Waals surface area contributed by atoms with Gasteiger partial charge in [0.25, 0.3) is 0 Å². The molecule has 0 bridgehead atoms. The number of rotatable bonds is 3. The molecule has 2 nitrogen and oxygen atoms in total. The smallest absolute Gasteiger partial charge is 0.157 e. The van der Waals surface area contributed by atoms with Gasteiger partial charge in [-0.2, -0.15) is 0 Å². The van der Waals surface area contributed by atoms with Crippen LogP contribution in [0, 0.1) is 17.8 Å². The van der Waals surface area contributed by atoms with Crippen molar-refractivity contribution in [1.29, 1.82) is 0 Å². The molecule has 0 amide bonds. The normalized spacial score (nSPS) is 50.1.